The fourth-order valence-electron chi connectivity index (χ4n) is 2.55. The van der Waals surface area contributed by atoms with Crippen LogP contribution in [0, 0.1) is 5.92 Å². The first-order chi connectivity index (χ1) is 11.1. The van der Waals surface area contributed by atoms with E-state index >= 15 is 0 Å². The average Bonchev–Trinajstić information content (AvgIpc) is 3.02. The van der Waals surface area contributed by atoms with Crippen LogP contribution in [-0.2, 0) is 17.1 Å². The molecule has 0 bridgehead atoms. The van der Waals surface area contributed by atoms with Crippen molar-refractivity contribution in [3.05, 3.63) is 30.9 Å². The van der Waals surface area contributed by atoms with Gasteiger partial charge in [-0.2, -0.15) is 9.40 Å². The number of ether oxygens (including phenoxy) is 1. The molecule has 124 valence electrons. The highest BCUT2D eigenvalue weighted by Crippen LogP contribution is 2.23. The Kier molecular flexibility index (Phi) is 4.58. The molecule has 0 aliphatic carbocycles. The molecule has 8 nitrogen and oxygen atoms in total. The SMILES string of the molecule is Cn1cc(S(=O)(=O)N2CCC(COc3ncccn3)CC2)cn1. The Bertz CT molecular complexity index is 739. The summed E-state index contributed by atoms with van der Waals surface area (Å²) in [4.78, 5) is 8.26. The van der Waals surface area contributed by atoms with Crippen LogP contribution in [0.2, 0.25) is 0 Å². The molecule has 23 heavy (non-hydrogen) atoms. The lowest BCUT2D eigenvalue weighted by atomic mass is 9.99. The van der Waals surface area contributed by atoms with Gasteiger partial charge in [-0.05, 0) is 24.8 Å². The molecule has 0 unspecified atom stereocenters. The van der Waals surface area contributed by atoms with Crippen molar-refractivity contribution in [3.8, 4) is 6.01 Å². The van der Waals surface area contributed by atoms with Crippen molar-refractivity contribution >= 4 is 10.0 Å². The Morgan fingerprint density at radius 1 is 1.26 bits per heavy atom. The summed E-state index contributed by atoms with van der Waals surface area (Å²) >= 11 is 0. The molecule has 1 aliphatic rings. The summed E-state index contributed by atoms with van der Waals surface area (Å²) in [6.45, 7) is 1.48. The normalized spacial score (nSPS) is 17.3. The molecular formula is C14H19N5O3S. The quantitative estimate of drug-likeness (QED) is 0.797. The second-order valence-corrected chi connectivity index (χ2v) is 7.48. The van der Waals surface area contributed by atoms with Crippen LogP contribution in [0.4, 0.5) is 0 Å². The Morgan fingerprint density at radius 3 is 2.57 bits per heavy atom. The molecule has 1 aliphatic heterocycles. The lowest BCUT2D eigenvalue weighted by Crippen LogP contribution is -2.39. The van der Waals surface area contributed by atoms with Gasteiger partial charge in [0.2, 0.25) is 10.0 Å². The maximum atomic E-state index is 12.5. The summed E-state index contributed by atoms with van der Waals surface area (Å²) in [5.74, 6) is 0.305. The lowest BCUT2D eigenvalue weighted by Gasteiger charge is -2.30. The summed E-state index contributed by atoms with van der Waals surface area (Å²) in [5.41, 5.74) is 0. The highest BCUT2D eigenvalue weighted by atomic mass is 32.2. The molecule has 0 amide bonds. The van der Waals surface area contributed by atoms with Gasteiger partial charge >= 0.3 is 6.01 Å². The Balaban J connectivity index is 1.54. The average molecular weight is 337 g/mol. The largest absolute Gasteiger partial charge is 0.463 e. The van der Waals surface area contributed by atoms with Gasteiger partial charge in [-0.3, -0.25) is 4.68 Å². The zero-order valence-electron chi connectivity index (χ0n) is 12.9. The standard InChI is InChI=1S/C14H19N5O3S/c1-18-10-13(9-17-18)23(20,21)19-7-3-12(4-8-19)11-22-14-15-5-2-6-16-14/h2,5-6,9-10,12H,3-4,7-8,11H2,1H3. The predicted octanol–water partition coefficient (Wildman–Crippen LogP) is 0.690. The number of rotatable bonds is 5. The molecule has 0 spiro atoms. The molecule has 3 heterocycles. The smallest absolute Gasteiger partial charge is 0.316 e. The van der Waals surface area contributed by atoms with E-state index < -0.39 is 10.0 Å². The van der Waals surface area contributed by atoms with E-state index in [4.69, 9.17) is 4.74 Å². The van der Waals surface area contributed by atoms with Gasteiger partial charge in [0.1, 0.15) is 4.90 Å². The fourth-order valence-corrected chi connectivity index (χ4v) is 4.01. The van der Waals surface area contributed by atoms with Crippen molar-refractivity contribution in [1.82, 2.24) is 24.1 Å². The number of nitrogens with zero attached hydrogens (tertiary/aromatic N) is 5. The number of aromatic nitrogens is 4. The van der Waals surface area contributed by atoms with E-state index in [0.717, 1.165) is 12.8 Å². The van der Waals surface area contributed by atoms with Gasteiger partial charge in [-0.1, -0.05) is 0 Å². The number of piperidine rings is 1. The first kappa shape index (κ1) is 15.9. The Morgan fingerprint density at radius 2 is 1.96 bits per heavy atom. The van der Waals surface area contributed by atoms with Crippen molar-refractivity contribution < 1.29 is 13.2 Å². The molecule has 0 aromatic carbocycles. The van der Waals surface area contributed by atoms with Gasteiger partial charge < -0.3 is 4.74 Å². The molecule has 9 heteroatoms. The van der Waals surface area contributed by atoms with Gasteiger partial charge in [0.25, 0.3) is 0 Å². The number of sulfonamides is 1. The molecule has 0 atom stereocenters. The fraction of sp³-hybridized carbons (Fsp3) is 0.500. The summed E-state index contributed by atoms with van der Waals surface area (Å²) in [7, 11) is -1.74. The van der Waals surface area contributed by atoms with E-state index in [2.05, 4.69) is 15.1 Å². The maximum Gasteiger partial charge on any atom is 0.316 e. The van der Waals surface area contributed by atoms with E-state index in [0.29, 0.717) is 31.6 Å². The molecule has 0 saturated carbocycles. The van der Waals surface area contributed by atoms with E-state index in [1.54, 1.807) is 25.5 Å². The van der Waals surface area contributed by atoms with Crippen LogP contribution < -0.4 is 4.74 Å². The third-order valence-corrected chi connectivity index (χ3v) is 5.73. The molecule has 2 aromatic rings. The predicted molar refractivity (Wildman–Crippen MR) is 82.2 cm³/mol. The molecule has 1 saturated heterocycles. The zero-order valence-corrected chi connectivity index (χ0v) is 13.7. The molecule has 1 fully saturated rings. The maximum absolute atomic E-state index is 12.5. The van der Waals surface area contributed by atoms with Gasteiger partial charge in [-0.15, -0.1) is 0 Å². The van der Waals surface area contributed by atoms with E-state index in [1.165, 1.54) is 21.4 Å². The van der Waals surface area contributed by atoms with Gasteiger partial charge in [0.15, 0.2) is 0 Å². The number of hydrogen-bond acceptors (Lipinski definition) is 6. The van der Waals surface area contributed by atoms with Crippen molar-refractivity contribution in [2.24, 2.45) is 13.0 Å². The first-order valence-electron chi connectivity index (χ1n) is 7.44. The topological polar surface area (TPSA) is 90.2 Å². The Labute approximate surface area is 135 Å². The molecule has 0 radical (unpaired) electrons. The summed E-state index contributed by atoms with van der Waals surface area (Å²) < 4.78 is 33.6. The number of aryl methyl sites for hydroxylation is 1. The minimum atomic E-state index is -3.45. The van der Waals surface area contributed by atoms with Crippen LogP contribution in [0.25, 0.3) is 0 Å². The van der Waals surface area contributed by atoms with Crippen LogP contribution in [0.3, 0.4) is 0 Å². The second-order valence-electron chi connectivity index (χ2n) is 5.54. The second kappa shape index (κ2) is 6.63. The van der Waals surface area contributed by atoms with Gasteiger partial charge in [0, 0.05) is 38.7 Å². The summed E-state index contributed by atoms with van der Waals surface area (Å²) in [6, 6.07) is 2.09. The van der Waals surface area contributed by atoms with Gasteiger partial charge in [-0.25, -0.2) is 18.4 Å². The van der Waals surface area contributed by atoms with Crippen molar-refractivity contribution in [2.45, 2.75) is 17.7 Å². The lowest BCUT2D eigenvalue weighted by molar-refractivity contribution is 0.176. The summed E-state index contributed by atoms with van der Waals surface area (Å²) in [5, 5.41) is 3.93. The van der Waals surface area contributed by atoms with Crippen LogP contribution in [0.1, 0.15) is 12.8 Å². The monoisotopic (exact) mass is 337 g/mol. The minimum Gasteiger partial charge on any atom is -0.463 e. The van der Waals surface area contributed by atoms with E-state index in [9.17, 15) is 8.42 Å². The molecule has 3 rings (SSSR count). The van der Waals surface area contributed by atoms with Crippen molar-refractivity contribution in [1.29, 1.82) is 0 Å². The first-order valence-corrected chi connectivity index (χ1v) is 8.88. The Hall–Kier alpha value is -2.00. The van der Waals surface area contributed by atoms with Crippen LogP contribution in [0.5, 0.6) is 6.01 Å². The van der Waals surface area contributed by atoms with Crippen LogP contribution >= 0.6 is 0 Å². The zero-order chi connectivity index (χ0) is 16.3. The highest BCUT2D eigenvalue weighted by Gasteiger charge is 2.30. The highest BCUT2D eigenvalue weighted by molar-refractivity contribution is 7.89. The summed E-state index contributed by atoms with van der Waals surface area (Å²) in [6.07, 6.45) is 7.68. The third-order valence-electron chi connectivity index (χ3n) is 3.88. The number of hydrogen-bond donors (Lipinski definition) is 0. The minimum absolute atomic E-state index is 0.243. The van der Waals surface area contributed by atoms with Crippen LogP contribution in [0.15, 0.2) is 35.7 Å². The van der Waals surface area contributed by atoms with Crippen LogP contribution in [-0.4, -0.2) is 52.2 Å². The molecular weight excluding hydrogens is 318 g/mol. The van der Waals surface area contributed by atoms with Crippen molar-refractivity contribution in [3.63, 3.8) is 0 Å². The third kappa shape index (κ3) is 3.67. The van der Waals surface area contributed by atoms with Crippen molar-refractivity contribution in [2.75, 3.05) is 19.7 Å². The van der Waals surface area contributed by atoms with E-state index in [-0.39, 0.29) is 4.90 Å². The molecule has 2 aromatic heterocycles. The van der Waals surface area contributed by atoms with Gasteiger partial charge in [0.05, 0.1) is 12.8 Å². The molecule has 0 N–H and O–H groups in total. The van der Waals surface area contributed by atoms with E-state index in [1.807, 2.05) is 0 Å².